The first-order valence-corrected chi connectivity index (χ1v) is 4.80. The molecule has 1 aromatic carbocycles. The van der Waals surface area contributed by atoms with Crippen molar-refractivity contribution in [2.45, 2.75) is 19.8 Å². The molecule has 0 N–H and O–H groups in total. The van der Waals surface area contributed by atoms with E-state index < -0.39 is 0 Å². The Kier molecular flexibility index (Phi) is 3.28. The second kappa shape index (κ2) is 3.87. The molecule has 1 aromatic rings. The smallest absolute Gasteiger partial charge is 0.0627 e. The Morgan fingerprint density at radius 1 is 1.08 bits per heavy atom. The normalized spacial score (nSPS) is 10.8. The van der Waals surface area contributed by atoms with Gasteiger partial charge in [-0.25, -0.2) is 0 Å². The van der Waals surface area contributed by atoms with Crippen molar-refractivity contribution < 1.29 is 0 Å². The van der Waals surface area contributed by atoms with Gasteiger partial charge in [-0.2, -0.15) is 0 Å². The summed E-state index contributed by atoms with van der Waals surface area (Å²) in [7, 11) is 0. The van der Waals surface area contributed by atoms with Crippen molar-refractivity contribution in [1.29, 1.82) is 0 Å². The molecular weight excluding hydrogens is 214 g/mol. The second-order valence-corrected chi connectivity index (χ2v) is 4.17. The number of rotatable bonds is 1. The molecule has 0 unspecified atom stereocenters. The Hall–Kier alpha value is 0.0900. The van der Waals surface area contributed by atoms with Gasteiger partial charge in [0.1, 0.15) is 0 Å². The Labute approximate surface area is 87.4 Å². The highest BCUT2D eigenvalue weighted by Crippen LogP contribution is 2.33. The first-order chi connectivity index (χ1) is 5.52. The van der Waals surface area contributed by atoms with E-state index in [1.165, 1.54) is 0 Å². The molecule has 0 heterocycles. The molecule has 0 amide bonds. The maximum Gasteiger partial charge on any atom is 0.0627 e. The van der Waals surface area contributed by atoms with Crippen LogP contribution in [-0.2, 0) is 0 Å². The zero-order valence-corrected chi connectivity index (χ0v) is 9.13. The average molecular weight is 224 g/mol. The summed E-state index contributed by atoms with van der Waals surface area (Å²) in [5.74, 6) is 0.341. The lowest BCUT2D eigenvalue weighted by Gasteiger charge is -2.09. The molecule has 0 radical (unpaired) electrons. The lowest BCUT2D eigenvalue weighted by molar-refractivity contribution is 0.867. The predicted octanol–water partition coefficient (Wildman–Crippen LogP) is 4.77. The van der Waals surface area contributed by atoms with Crippen LogP contribution < -0.4 is 0 Å². The lowest BCUT2D eigenvalue weighted by atomic mass is 10.0. The van der Waals surface area contributed by atoms with Crippen molar-refractivity contribution in [2.75, 3.05) is 0 Å². The van der Waals surface area contributed by atoms with Crippen LogP contribution in [0.1, 0.15) is 25.3 Å². The van der Waals surface area contributed by atoms with Crippen LogP contribution in [0.3, 0.4) is 0 Å². The summed E-state index contributed by atoms with van der Waals surface area (Å²) in [6.07, 6.45) is 0. The highest BCUT2D eigenvalue weighted by atomic mass is 35.5. The number of benzene rings is 1. The van der Waals surface area contributed by atoms with Crippen molar-refractivity contribution in [2.24, 2.45) is 0 Å². The van der Waals surface area contributed by atoms with Gasteiger partial charge >= 0.3 is 0 Å². The van der Waals surface area contributed by atoms with Crippen molar-refractivity contribution in [3.05, 3.63) is 32.8 Å². The van der Waals surface area contributed by atoms with E-state index >= 15 is 0 Å². The summed E-state index contributed by atoms with van der Waals surface area (Å²) >= 11 is 17.6. The minimum Gasteiger partial charge on any atom is -0.0843 e. The van der Waals surface area contributed by atoms with Gasteiger partial charge in [-0.05, 0) is 23.6 Å². The van der Waals surface area contributed by atoms with Gasteiger partial charge in [0.05, 0.1) is 10.0 Å². The van der Waals surface area contributed by atoms with E-state index in [0.717, 1.165) is 5.56 Å². The molecule has 0 atom stereocenters. The fourth-order valence-corrected chi connectivity index (χ4v) is 1.83. The van der Waals surface area contributed by atoms with Gasteiger partial charge in [-0.1, -0.05) is 48.7 Å². The SMILES string of the molecule is CC(C)c1cc(Cl)cc(Cl)c1Cl. The molecule has 0 saturated heterocycles. The van der Waals surface area contributed by atoms with Crippen molar-refractivity contribution >= 4 is 34.8 Å². The van der Waals surface area contributed by atoms with Crippen LogP contribution >= 0.6 is 34.8 Å². The van der Waals surface area contributed by atoms with E-state index in [4.69, 9.17) is 34.8 Å². The molecule has 0 nitrogen and oxygen atoms in total. The van der Waals surface area contributed by atoms with Gasteiger partial charge in [0.25, 0.3) is 0 Å². The number of halogens is 3. The maximum absolute atomic E-state index is 5.97. The molecule has 0 fully saturated rings. The molecule has 0 spiro atoms. The quantitative estimate of drug-likeness (QED) is 0.602. The molecule has 12 heavy (non-hydrogen) atoms. The summed E-state index contributed by atoms with van der Waals surface area (Å²) in [5.41, 5.74) is 0.995. The van der Waals surface area contributed by atoms with Crippen molar-refractivity contribution in [3.63, 3.8) is 0 Å². The van der Waals surface area contributed by atoms with Gasteiger partial charge < -0.3 is 0 Å². The molecule has 0 aliphatic rings. The summed E-state index contributed by atoms with van der Waals surface area (Å²) in [4.78, 5) is 0. The van der Waals surface area contributed by atoms with Crippen LogP contribution in [-0.4, -0.2) is 0 Å². The molecular formula is C9H9Cl3. The van der Waals surface area contributed by atoms with Crippen LogP contribution in [0.25, 0.3) is 0 Å². The second-order valence-electron chi connectivity index (χ2n) is 2.95. The number of hydrogen-bond acceptors (Lipinski definition) is 0. The molecule has 0 aliphatic carbocycles. The summed E-state index contributed by atoms with van der Waals surface area (Å²) in [5, 5.41) is 1.76. The summed E-state index contributed by atoms with van der Waals surface area (Å²) < 4.78 is 0. The third-order valence-electron chi connectivity index (χ3n) is 1.64. The fraction of sp³-hybridized carbons (Fsp3) is 0.333. The minimum absolute atomic E-state index is 0.341. The molecule has 0 saturated carbocycles. The van der Waals surface area contributed by atoms with Gasteiger partial charge in [0, 0.05) is 5.02 Å². The van der Waals surface area contributed by atoms with Crippen LogP contribution in [0.5, 0.6) is 0 Å². The zero-order chi connectivity index (χ0) is 9.30. The standard InChI is InChI=1S/C9H9Cl3/c1-5(2)7-3-6(10)4-8(11)9(7)12/h3-5H,1-2H3. The van der Waals surface area contributed by atoms with Crippen LogP contribution in [0.15, 0.2) is 12.1 Å². The molecule has 3 heteroatoms. The van der Waals surface area contributed by atoms with Gasteiger partial charge in [0.15, 0.2) is 0 Å². The van der Waals surface area contributed by atoms with Gasteiger partial charge in [0.2, 0.25) is 0 Å². The van der Waals surface area contributed by atoms with E-state index in [2.05, 4.69) is 0 Å². The highest BCUT2D eigenvalue weighted by Gasteiger charge is 2.09. The van der Waals surface area contributed by atoms with E-state index in [9.17, 15) is 0 Å². The topological polar surface area (TPSA) is 0 Å². The first-order valence-electron chi connectivity index (χ1n) is 3.67. The summed E-state index contributed by atoms with van der Waals surface area (Å²) in [6, 6.07) is 3.50. The molecule has 1 rings (SSSR count). The van der Waals surface area contributed by atoms with Crippen molar-refractivity contribution in [1.82, 2.24) is 0 Å². The molecule has 0 aromatic heterocycles. The lowest BCUT2D eigenvalue weighted by Crippen LogP contribution is -1.89. The third-order valence-corrected chi connectivity index (χ3v) is 2.68. The fourth-order valence-electron chi connectivity index (χ4n) is 0.996. The van der Waals surface area contributed by atoms with Crippen LogP contribution in [0.2, 0.25) is 15.1 Å². The van der Waals surface area contributed by atoms with E-state index in [1.54, 1.807) is 6.07 Å². The van der Waals surface area contributed by atoms with E-state index in [0.29, 0.717) is 21.0 Å². The predicted molar refractivity (Wildman–Crippen MR) is 55.6 cm³/mol. The third kappa shape index (κ3) is 2.07. The highest BCUT2D eigenvalue weighted by molar-refractivity contribution is 6.43. The molecule has 66 valence electrons. The Bertz CT molecular complexity index is 292. The Balaban J connectivity index is 3.28. The minimum atomic E-state index is 0.341. The zero-order valence-electron chi connectivity index (χ0n) is 6.87. The number of hydrogen-bond donors (Lipinski definition) is 0. The van der Waals surface area contributed by atoms with Crippen molar-refractivity contribution in [3.8, 4) is 0 Å². The molecule has 0 bridgehead atoms. The monoisotopic (exact) mass is 222 g/mol. The van der Waals surface area contributed by atoms with Crippen LogP contribution in [0, 0.1) is 0 Å². The van der Waals surface area contributed by atoms with Gasteiger partial charge in [-0.3, -0.25) is 0 Å². The largest absolute Gasteiger partial charge is 0.0843 e. The maximum atomic E-state index is 5.97. The van der Waals surface area contributed by atoms with E-state index in [-0.39, 0.29) is 0 Å². The van der Waals surface area contributed by atoms with Crippen LogP contribution in [0.4, 0.5) is 0 Å². The Morgan fingerprint density at radius 2 is 1.67 bits per heavy atom. The summed E-state index contributed by atoms with van der Waals surface area (Å²) in [6.45, 7) is 4.10. The molecule has 0 aliphatic heterocycles. The van der Waals surface area contributed by atoms with E-state index in [1.807, 2.05) is 19.9 Å². The van der Waals surface area contributed by atoms with Gasteiger partial charge in [-0.15, -0.1) is 0 Å². The average Bonchev–Trinajstić information content (AvgIpc) is 1.96. The Morgan fingerprint density at radius 3 is 2.17 bits per heavy atom. The first kappa shape index (κ1) is 10.2.